The summed E-state index contributed by atoms with van der Waals surface area (Å²) < 4.78 is 6.50. The van der Waals surface area contributed by atoms with Gasteiger partial charge in [-0.25, -0.2) is 0 Å². The molecule has 6 aromatic carbocycles. The largest absolute Gasteiger partial charge is 0.508 e. The van der Waals surface area contributed by atoms with Gasteiger partial charge in [0.25, 0.3) is 0 Å². The highest BCUT2D eigenvalue weighted by Crippen LogP contribution is 2.52. The van der Waals surface area contributed by atoms with E-state index < -0.39 is 0 Å². The van der Waals surface area contributed by atoms with E-state index in [-0.39, 0.29) is 22.7 Å². The van der Waals surface area contributed by atoms with Crippen molar-refractivity contribution in [1.29, 1.82) is 0 Å². The molecule has 0 saturated carbocycles. The van der Waals surface area contributed by atoms with Crippen molar-refractivity contribution < 1.29 is 19.7 Å². The Morgan fingerprint density at radius 3 is 1.86 bits per heavy atom. The van der Waals surface area contributed by atoms with Crippen molar-refractivity contribution in [2.24, 2.45) is 0 Å². The second-order valence-corrected chi connectivity index (χ2v) is 11.2. The minimum atomic E-state index is -0.328. The predicted octanol–water partition coefficient (Wildman–Crippen LogP) is 8.50. The van der Waals surface area contributed by atoms with Crippen molar-refractivity contribution in [3.8, 4) is 39.5 Å². The van der Waals surface area contributed by atoms with Gasteiger partial charge >= 0.3 is 0 Å². The van der Waals surface area contributed by atoms with Gasteiger partial charge in [-0.2, -0.15) is 0 Å². The van der Waals surface area contributed by atoms with Gasteiger partial charge in [-0.05, 0) is 45.1 Å². The molecule has 0 atom stereocenters. The molecule has 4 nitrogen and oxygen atoms in total. The molecule has 8 rings (SSSR count). The summed E-state index contributed by atoms with van der Waals surface area (Å²) in [5, 5.41) is 40.1. The smallest absolute Gasteiger partial charge is 0.165 e. The maximum Gasteiger partial charge on any atom is 0.165 e. The summed E-state index contributed by atoms with van der Waals surface area (Å²) in [6, 6.07) is 30.7. The van der Waals surface area contributed by atoms with E-state index in [4.69, 9.17) is 4.42 Å². The molecule has 0 aliphatic heterocycles. The molecule has 0 fully saturated rings. The van der Waals surface area contributed by atoms with Gasteiger partial charge < -0.3 is 19.7 Å². The fourth-order valence-electron chi connectivity index (χ4n) is 6.73. The van der Waals surface area contributed by atoms with Crippen molar-refractivity contribution in [2.45, 2.75) is 6.42 Å². The van der Waals surface area contributed by atoms with Gasteiger partial charge in [-0.15, -0.1) is 0 Å². The van der Waals surface area contributed by atoms with Crippen LogP contribution in [0.15, 0.2) is 126 Å². The molecule has 44 heavy (non-hydrogen) atoms. The van der Waals surface area contributed by atoms with Crippen LogP contribution in [0.4, 0.5) is 0 Å². The normalized spacial score (nSPS) is 13.2. The Kier molecular flexibility index (Phi) is 5.88. The van der Waals surface area contributed by atoms with Crippen LogP contribution in [0.1, 0.15) is 12.0 Å². The lowest BCUT2D eigenvalue weighted by Gasteiger charge is -2.23. The lowest BCUT2D eigenvalue weighted by molar-refractivity contribution is 0.400. The van der Waals surface area contributed by atoms with E-state index in [2.05, 4.69) is 48.5 Å². The van der Waals surface area contributed by atoms with Gasteiger partial charge in [0.05, 0.1) is 0 Å². The Hall–Kier alpha value is -5.68. The lowest BCUT2D eigenvalue weighted by Crippen LogP contribution is -2.08. The van der Waals surface area contributed by atoms with Gasteiger partial charge in [-0.1, -0.05) is 115 Å². The topological polar surface area (TPSA) is 73.8 Å². The highest BCUT2D eigenvalue weighted by atomic mass is 16.3. The van der Waals surface area contributed by atoms with Crippen molar-refractivity contribution in [3.63, 3.8) is 0 Å². The van der Waals surface area contributed by atoms with Gasteiger partial charge in [-0.3, -0.25) is 0 Å². The number of hydrogen-bond acceptors (Lipinski definition) is 4. The van der Waals surface area contributed by atoms with Crippen molar-refractivity contribution in [1.82, 2.24) is 0 Å². The predicted molar refractivity (Wildman–Crippen MR) is 184 cm³/mol. The Bertz CT molecular complexity index is 2350. The number of benzene rings is 6. The standard InChI is InChI=1S/C39H27BO4/c40-35-36(41)34(31(37(42)38(35)43)22-12-3-1-2-4-13-22)33-26-17-7-5-15-24(26)32(25-16-6-8-18-27(25)33)29-20-11-19-28-23-14-9-10-21-30(23)44-39(28)29/h1,3-21,41-43H,2,40H2. The van der Waals surface area contributed by atoms with E-state index in [9.17, 15) is 15.3 Å². The number of phenols is 3. The van der Waals surface area contributed by atoms with E-state index in [0.29, 0.717) is 16.7 Å². The molecule has 0 spiro atoms. The Labute approximate surface area is 254 Å². The van der Waals surface area contributed by atoms with Crippen LogP contribution in [-0.2, 0) is 0 Å². The molecule has 0 saturated heterocycles. The third kappa shape index (κ3) is 3.72. The van der Waals surface area contributed by atoms with Crippen LogP contribution < -0.4 is 5.46 Å². The molecule has 1 aliphatic rings. The van der Waals surface area contributed by atoms with E-state index in [0.717, 1.165) is 66.6 Å². The fourth-order valence-corrected chi connectivity index (χ4v) is 6.73. The molecule has 210 valence electrons. The molecule has 0 unspecified atom stereocenters. The summed E-state index contributed by atoms with van der Waals surface area (Å²) in [7, 11) is 1.62. The number of aromatic hydroxyl groups is 3. The Balaban J connectivity index is 1.56. The van der Waals surface area contributed by atoms with Crippen molar-refractivity contribution >= 4 is 62.4 Å². The van der Waals surface area contributed by atoms with Crippen LogP contribution in [0.25, 0.3) is 71.3 Å². The van der Waals surface area contributed by atoms with E-state index in [1.807, 2.05) is 72.8 Å². The number of furan rings is 1. The van der Waals surface area contributed by atoms with E-state index >= 15 is 0 Å². The minimum Gasteiger partial charge on any atom is -0.508 e. The maximum atomic E-state index is 11.8. The summed E-state index contributed by atoms with van der Waals surface area (Å²) in [6.07, 6.45) is 10.5. The first-order valence-corrected chi connectivity index (χ1v) is 14.7. The van der Waals surface area contributed by atoms with Crippen LogP contribution in [0.2, 0.25) is 0 Å². The van der Waals surface area contributed by atoms with E-state index in [1.165, 1.54) is 0 Å². The number of rotatable bonds is 3. The quantitative estimate of drug-likeness (QED) is 0.0862. The third-order valence-corrected chi connectivity index (χ3v) is 8.78. The first-order valence-electron chi connectivity index (χ1n) is 14.7. The SMILES string of the molecule is Bc1c(O)c(O)c(C2=CC=CCC=C2)c(-c2c3ccccc3c(-c3cccc4c3oc3ccccc34)c3ccccc23)c1O. The summed E-state index contributed by atoms with van der Waals surface area (Å²) >= 11 is 0. The molecule has 5 heteroatoms. The second kappa shape index (κ2) is 9.96. The summed E-state index contributed by atoms with van der Waals surface area (Å²) in [4.78, 5) is 0. The van der Waals surface area contributed by atoms with Gasteiger partial charge in [0.15, 0.2) is 11.5 Å². The van der Waals surface area contributed by atoms with Crippen LogP contribution >= 0.6 is 0 Å². The highest BCUT2D eigenvalue weighted by molar-refractivity contribution is 6.38. The average molecular weight is 570 g/mol. The molecule has 1 heterocycles. The maximum absolute atomic E-state index is 11.8. The van der Waals surface area contributed by atoms with Gasteiger partial charge in [0.2, 0.25) is 0 Å². The molecular weight excluding hydrogens is 543 g/mol. The first-order chi connectivity index (χ1) is 21.5. The molecule has 0 amide bonds. The van der Waals surface area contributed by atoms with Crippen LogP contribution in [0, 0.1) is 0 Å². The number of fused-ring (bicyclic) bond motifs is 5. The third-order valence-electron chi connectivity index (χ3n) is 8.78. The zero-order chi connectivity index (χ0) is 29.9. The number of phenolic OH excluding ortho intramolecular Hbond substituents is 3. The fraction of sp³-hybridized carbons (Fsp3) is 0.0256. The van der Waals surface area contributed by atoms with Crippen LogP contribution in [0.5, 0.6) is 17.2 Å². The zero-order valence-corrected chi connectivity index (χ0v) is 24.0. The molecular formula is C39H27BO4. The van der Waals surface area contributed by atoms with Crippen molar-refractivity contribution in [3.05, 3.63) is 127 Å². The van der Waals surface area contributed by atoms with Gasteiger partial charge in [0.1, 0.15) is 24.8 Å². The zero-order valence-electron chi connectivity index (χ0n) is 24.0. The molecule has 7 aromatic rings. The molecule has 3 N–H and O–H groups in total. The van der Waals surface area contributed by atoms with Gasteiger partial charge in [0, 0.05) is 38.6 Å². The number of para-hydroxylation sites is 2. The van der Waals surface area contributed by atoms with E-state index in [1.54, 1.807) is 7.85 Å². The first kappa shape index (κ1) is 26.0. The minimum absolute atomic E-state index is 0.0692. The second-order valence-electron chi connectivity index (χ2n) is 11.2. The number of hydrogen-bond donors (Lipinski definition) is 3. The average Bonchev–Trinajstić information content (AvgIpc) is 3.23. The molecule has 0 radical (unpaired) electrons. The highest BCUT2D eigenvalue weighted by Gasteiger charge is 2.28. The monoisotopic (exact) mass is 570 g/mol. The Morgan fingerprint density at radius 1 is 0.545 bits per heavy atom. The lowest BCUT2D eigenvalue weighted by atomic mass is 9.79. The summed E-state index contributed by atoms with van der Waals surface area (Å²) in [6.45, 7) is 0. The van der Waals surface area contributed by atoms with Crippen LogP contribution in [0.3, 0.4) is 0 Å². The number of allylic oxidation sites excluding steroid dienone is 6. The molecule has 0 bridgehead atoms. The van der Waals surface area contributed by atoms with Crippen molar-refractivity contribution in [2.75, 3.05) is 0 Å². The Morgan fingerprint density at radius 2 is 1.16 bits per heavy atom. The summed E-state index contributed by atoms with van der Waals surface area (Å²) in [5.41, 5.74) is 6.22. The molecule has 1 aromatic heterocycles. The van der Waals surface area contributed by atoms with Crippen LogP contribution in [-0.4, -0.2) is 23.2 Å². The summed E-state index contributed by atoms with van der Waals surface area (Å²) in [5.74, 6) is -0.656. The molecule has 1 aliphatic carbocycles.